The summed E-state index contributed by atoms with van der Waals surface area (Å²) in [7, 11) is 1.70. The molecule has 1 unspecified atom stereocenters. The summed E-state index contributed by atoms with van der Waals surface area (Å²) in [6, 6.07) is 14.5. The van der Waals surface area contributed by atoms with Crippen molar-refractivity contribution in [2.24, 2.45) is 0 Å². The van der Waals surface area contributed by atoms with E-state index in [2.05, 4.69) is 36.5 Å². The maximum atomic E-state index is 11.1. The Bertz CT molecular complexity index is 786. The monoisotopic (exact) mass is 400 g/mol. The first-order valence-corrected chi connectivity index (χ1v) is 10.1. The van der Waals surface area contributed by atoms with Gasteiger partial charge in [-0.15, -0.1) is 0 Å². The van der Waals surface area contributed by atoms with Gasteiger partial charge < -0.3 is 14.8 Å². The number of allylic oxidation sites excluding steroid dienone is 1. The molecular formula is C23H32N2O4. The number of fused-ring (bicyclic) bond motifs is 1. The van der Waals surface area contributed by atoms with Gasteiger partial charge in [0.25, 0.3) is 0 Å². The van der Waals surface area contributed by atoms with Crippen molar-refractivity contribution in [1.82, 2.24) is 10.8 Å². The number of nitrogens with one attached hydrogen (secondary N) is 2. The van der Waals surface area contributed by atoms with Gasteiger partial charge in [-0.3, -0.25) is 10.0 Å². The highest BCUT2D eigenvalue weighted by Gasteiger charge is 2.06. The second-order valence-electron chi connectivity index (χ2n) is 7.15. The van der Waals surface area contributed by atoms with E-state index >= 15 is 0 Å². The second kappa shape index (κ2) is 12.9. The minimum atomic E-state index is -0.344. The van der Waals surface area contributed by atoms with Crippen molar-refractivity contribution in [2.45, 2.75) is 38.6 Å². The van der Waals surface area contributed by atoms with Gasteiger partial charge in [0.05, 0.1) is 6.61 Å². The minimum absolute atomic E-state index is 0.245. The lowest BCUT2D eigenvalue weighted by Crippen LogP contribution is -2.32. The Hall–Kier alpha value is -2.41. The lowest BCUT2D eigenvalue weighted by atomic mass is 10.1. The first-order chi connectivity index (χ1) is 14.1. The molecule has 158 valence electrons. The number of rotatable bonds is 13. The average Bonchev–Trinajstić information content (AvgIpc) is 2.74. The van der Waals surface area contributed by atoms with Gasteiger partial charge in [0.2, 0.25) is 5.91 Å². The van der Waals surface area contributed by atoms with Gasteiger partial charge in [-0.2, -0.15) is 0 Å². The molecule has 0 heterocycles. The zero-order chi connectivity index (χ0) is 20.9. The summed E-state index contributed by atoms with van der Waals surface area (Å²) in [5.74, 6) is 0.530. The van der Waals surface area contributed by atoms with Crippen LogP contribution in [0.4, 0.5) is 0 Å². The van der Waals surface area contributed by atoms with E-state index < -0.39 is 0 Å². The van der Waals surface area contributed by atoms with Crippen LogP contribution in [0, 0.1) is 0 Å². The molecule has 0 aliphatic rings. The van der Waals surface area contributed by atoms with E-state index in [4.69, 9.17) is 14.7 Å². The molecule has 2 aromatic carbocycles. The first-order valence-electron chi connectivity index (χ1n) is 10.1. The molecule has 0 saturated carbocycles. The van der Waals surface area contributed by atoms with Crippen molar-refractivity contribution < 1.29 is 19.5 Å². The summed E-state index contributed by atoms with van der Waals surface area (Å²) in [5.41, 5.74) is 2.83. The van der Waals surface area contributed by atoms with Gasteiger partial charge >= 0.3 is 0 Å². The van der Waals surface area contributed by atoms with Crippen molar-refractivity contribution in [1.29, 1.82) is 0 Å². The van der Waals surface area contributed by atoms with Crippen LogP contribution in [0.25, 0.3) is 10.8 Å². The number of methoxy groups -OCH3 is 1. The Morgan fingerprint density at radius 2 is 1.97 bits per heavy atom. The normalized spacial score (nSPS) is 12.7. The number of unbranched alkanes of at least 4 members (excludes halogenated alkanes) is 2. The van der Waals surface area contributed by atoms with Crippen molar-refractivity contribution in [2.75, 3.05) is 26.9 Å². The molecule has 0 fully saturated rings. The molecule has 2 rings (SSSR count). The van der Waals surface area contributed by atoms with Crippen LogP contribution < -0.4 is 15.5 Å². The number of carbonyl (C=O) groups excluding carboxylic acids is 1. The van der Waals surface area contributed by atoms with Gasteiger partial charge in [0.1, 0.15) is 12.4 Å². The zero-order valence-corrected chi connectivity index (χ0v) is 17.3. The Labute approximate surface area is 172 Å². The number of hydrogen-bond donors (Lipinski definition) is 3. The molecule has 6 nitrogen and oxygen atoms in total. The fraction of sp³-hybridized carbons (Fsp3) is 0.435. The third kappa shape index (κ3) is 8.23. The molecule has 1 amide bonds. The van der Waals surface area contributed by atoms with E-state index in [1.54, 1.807) is 12.6 Å². The molecule has 0 aromatic heterocycles. The highest BCUT2D eigenvalue weighted by Crippen LogP contribution is 2.25. The number of amides is 1. The molecule has 0 radical (unpaired) electrons. The molecular weight excluding hydrogens is 368 g/mol. The van der Waals surface area contributed by atoms with E-state index in [0.717, 1.165) is 41.4 Å². The summed E-state index contributed by atoms with van der Waals surface area (Å²) < 4.78 is 11.3. The molecule has 0 aliphatic carbocycles. The minimum Gasteiger partial charge on any atom is -0.489 e. The van der Waals surface area contributed by atoms with Gasteiger partial charge in [-0.25, -0.2) is 5.48 Å². The number of carbonyl (C=O) groups is 1. The van der Waals surface area contributed by atoms with Crippen LogP contribution in [0.15, 0.2) is 54.1 Å². The van der Waals surface area contributed by atoms with E-state index in [0.29, 0.717) is 26.2 Å². The quantitative estimate of drug-likeness (QED) is 0.206. The molecule has 29 heavy (non-hydrogen) atoms. The molecule has 0 bridgehead atoms. The summed E-state index contributed by atoms with van der Waals surface area (Å²) in [6.07, 6.45) is 4.96. The van der Waals surface area contributed by atoms with Gasteiger partial charge in [-0.05, 0) is 43.2 Å². The van der Waals surface area contributed by atoms with E-state index in [9.17, 15) is 4.79 Å². The molecule has 6 heteroatoms. The Kier molecular flexibility index (Phi) is 10.2. The fourth-order valence-electron chi connectivity index (χ4n) is 3.08. The third-order valence-electron chi connectivity index (χ3n) is 4.67. The topological polar surface area (TPSA) is 79.8 Å². The lowest BCUT2D eigenvalue weighted by Gasteiger charge is -2.16. The van der Waals surface area contributed by atoms with Crippen LogP contribution in [-0.4, -0.2) is 44.0 Å². The average molecular weight is 401 g/mol. The first kappa shape index (κ1) is 22.9. The number of ether oxygens (including phenoxy) is 2. The van der Waals surface area contributed by atoms with E-state index in [1.807, 2.05) is 24.3 Å². The van der Waals surface area contributed by atoms with Crippen LogP contribution in [0.2, 0.25) is 0 Å². The highest BCUT2D eigenvalue weighted by atomic mass is 16.5. The van der Waals surface area contributed by atoms with E-state index in [1.165, 1.54) is 0 Å². The maximum Gasteiger partial charge on any atom is 0.243 e. The molecule has 3 N–H and O–H groups in total. The molecule has 0 spiro atoms. The number of hydrogen-bond acceptors (Lipinski definition) is 5. The summed E-state index contributed by atoms with van der Waals surface area (Å²) >= 11 is 0. The van der Waals surface area contributed by atoms with E-state index in [-0.39, 0.29) is 11.9 Å². The Morgan fingerprint density at radius 1 is 1.17 bits per heavy atom. The van der Waals surface area contributed by atoms with Crippen molar-refractivity contribution in [3.63, 3.8) is 0 Å². The smallest absolute Gasteiger partial charge is 0.243 e. The summed E-state index contributed by atoms with van der Waals surface area (Å²) in [6.45, 7) is 3.94. The standard InChI is InChI=1S/C23H32N2O4/c1-18(16-28-2)24-15-19(9-4-3-5-14-23(26)25-27)17-29-22-13-8-11-20-10-6-7-12-21(20)22/h6-13,18,24,27H,3-5,14-17H2,1-2H3,(H,25,26)/b19-9-. The molecule has 0 aliphatic heterocycles. The Balaban J connectivity index is 1.96. The van der Waals surface area contributed by atoms with Crippen LogP contribution >= 0.6 is 0 Å². The third-order valence-corrected chi connectivity index (χ3v) is 4.67. The molecule has 0 saturated heterocycles. The van der Waals surface area contributed by atoms with Crippen LogP contribution in [0.1, 0.15) is 32.6 Å². The van der Waals surface area contributed by atoms with Crippen molar-refractivity contribution >= 4 is 16.7 Å². The molecule has 1 atom stereocenters. The highest BCUT2D eigenvalue weighted by molar-refractivity contribution is 5.88. The van der Waals surface area contributed by atoms with Gasteiger partial charge in [-0.1, -0.05) is 42.5 Å². The van der Waals surface area contributed by atoms with Crippen LogP contribution in [-0.2, 0) is 9.53 Å². The van der Waals surface area contributed by atoms with Crippen molar-refractivity contribution in [3.05, 3.63) is 54.1 Å². The largest absolute Gasteiger partial charge is 0.489 e. The summed E-state index contributed by atoms with van der Waals surface area (Å²) in [4.78, 5) is 11.1. The Morgan fingerprint density at radius 3 is 2.76 bits per heavy atom. The fourth-order valence-corrected chi connectivity index (χ4v) is 3.08. The van der Waals surface area contributed by atoms with Gasteiger partial charge in [0.15, 0.2) is 0 Å². The predicted octanol–water partition coefficient (Wildman–Crippen LogP) is 3.84. The summed E-state index contributed by atoms with van der Waals surface area (Å²) in [5, 5.41) is 14.3. The maximum absolute atomic E-state index is 11.1. The number of hydroxylamine groups is 1. The predicted molar refractivity (Wildman–Crippen MR) is 115 cm³/mol. The van der Waals surface area contributed by atoms with Crippen LogP contribution in [0.5, 0.6) is 5.75 Å². The number of benzene rings is 2. The van der Waals surface area contributed by atoms with Crippen LogP contribution in [0.3, 0.4) is 0 Å². The second-order valence-corrected chi connectivity index (χ2v) is 7.15. The molecule has 2 aromatic rings. The van der Waals surface area contributed by atoms with Gasteiger partial charge in [0, 0.05) is 31.5 Å². The lowest BCUT2D eigenvalue weighted by molar-refractivity contribution is -0.129. The zero-order valence-electron chi connectivity index (χ0n) is 17.3. The van der Waals surface area contributed by atoms with Crippen molar-refractivity contribution in [3.8, 4) is 5.75 Å². The SMILES string of the molecule is COCC(C)NC/C(=C/CCCCC(=O)NO)COc1cccc2ccccc12.